The normalized spacial score (nSPS) is 14.7. The summed E-state index contributed by atoms with van der Waals surface area (Å²) in [4.78, 5) is 8.50. The van der Waals surface area contributed by atoms with Gasteiger partial charge in [0.15, 0.2) is 17.0 Å². The molecule has 0 heterocycles. The van der Waals surface area contributed by atoms with Gasteiger partial charge in [-0.25, -0.2) is 4.79 Å². The van der Waals surface area contributed by atoms with E-state index in [1.54, 1.807) is 42.5 Å². The Morgan fingerprint density at radius 3 is 1.85 bits per heavy atom. The van der Waals surface area contributed by atoms with Crippen LogP contribution in [0.4, 0.5) is 39.8 Å². The van der Waals surface area contributed by atoms with Crippen molar-refractivity contribution in [3.05, 3.63) is 166 Å². The highest BCUT2D eigenvalue weighted by Crippen LogP contribution is 2.45. The highest BCUT2D eigenvalue weighted by atomic mass is 32.2. The predicted octanol–water partition coefficient (Wildman–Crippen LogP) is 7.87. The van der Waals surface area contributed by atoms with E-state index in [0.29, 0.717) is 28.7 Å². The van der Waals surface area contributed by atoms with Crippen molar-refractivity contribution in [3.8, 4) is 11.5 Å². The molecule has 5 aromatic carbocycles. The van der Waals surface area contributed by atoms with E-state index in [-0.39, 0.29) is 50.4 Å². The third kappa shape index (κ3) is 10.5. The van der Waals surface area contributed by atoms with Crippen LogP contribution in [0, 0.1) is 6.08 Å². The van der Waals surface area contributed by atoms with Gasteiger partial charge in [0, 0.05) is 17.5 Å². The fourth-order valence-electron chi connectivity index (χ4n) is 6.90. The fraction of sp³-hybridized carbons (Fsp3) is 0. The van der Waals surface area contributed by atoms with Gasteiger partial charge in [0.2, 0.25) is 4.91 Å². The summed E-state index contributed by atoms with van der Waals surface area (Å²) < 4.78 is 105. The first kappa shape index (κ1) is 48.4. The van der Waals surface area contributed by atoms with Crippen LogP contribution in [0.15, 0.2) is 184 Å². The molecule has 0 amide bonds. The molecule has 5 aromatic rings. The first-order valence-electron chi connectivity index (χ1n) is 20.0. The van der Waals surface area contributed by atoms with Crippen molar-refractivity contribution in [2.24, 2.45) is 30.7 Å². The van der Waals surface area contributed by atoms with Gasteiger partial charge in [0.05, 0.1) is 40.2 Å². The minimum atomic E-state index is -5.30. The van der Waals surface area contributed by atoms with Crippen LogP contribution in [0.5, 0.6) is 11.5 Å². The van der Waals surface area contributed by atoms with Gasteiger partial charge in [-0.1, -0.05) is 24.3 Å². The quantitative estimate of drug-likeness (QED) is 0.0142. The van der Waals surface area contributed by atoms with Crippen LogP contribution in [0.3, 0.4) is 0 Å². The Kier molecular flexibility index (Phi) is 12.8. The third-order valence-corrected chi connectivity index (χ3v) is 13.0. The Morgan fingerprint density at radius 2 is 1.23 bits per heavy atom. The predicted molar refractivity (Wildman–Crippen MR) is 262 cm³/mol. The minimum Gasteiger partial charge on any atom is -0.507 e. The lowest BCUT2D eigenvalue weighted by molar-refractivity contribution is 0.0693. The standard InChI is InChI=1S/C45H32N10O13S3/c46-33-21-34(47)36(22-35(33)51-49-28-12-7-24(8-13-28)23-5-10-27(11-6-23)48-50-29-14-15-38(56)32(19-29)45(58)59)52-53-37-20-31-26(17-40(37)70(63,64)65)18-41(71(66,67)68)43(44(31)57)55-54-42-30-4-2-1-3-25(30)9-16-39(42)69(60,61)62/h1-8,10-22H,(H11-,46,47,48,49,50,51,52,53,54,55,56,57,58,59,60,61,62,63,64,65,66,67,68)/p+1. The van der Waals surface area contributed by atoms with Gasteiger partial charge >= 0.3 is 16.1 Å². The van der Waals surface area contributed by atoms with Crippen LogP contribution in [0.2, 0.25) is 0 Å². The van der Waals surface area contributed by atoms with E-state index in [1.807, 2.05) is 12.2 Å². The molecule has 71 heavy (non-hydrogen) atoms. The van der Waals surface area contributed by atoms with Crippen molar-refractivity contribution in [1.29, 1.82) is 0 Å². The zero-order valence-corrected chi connectivity index (χ0v) is 38.2. The molecule has 0 saturated carbocycles. The number of phenols is 2. The van der Waals surface area contributed by atoms with E-state index < -0.39 is 73.8 Å². The molecular formula is C45H33N10O13S3+. The Hall–Kier alpha value is -9.01. The number of aromatic hydroxyl groups is 2. The number of aromatic carboxylic acids is 1. The molecule has 0 aromatic heterocycles. The van der Waals surface area contributed by atoms with Crippen LogP contribution < -0.4 is 22.3 Å². The molecule has 0 aliphatic heterocycles. The molecule has 23 nitrogen and oxygen atoms in total. The molecule has 0 spiro atoms. The zero-order chi connectivity index (χ0) is 51.0. The number of azo groups is 2. The number of nitrogens with one attached hydrogen (secondary N) is 2. The molecular weight excluding hydrogens is 985 g/mol. The molecule has 3 aliphatic rings. The third-order valence-electron chi connectivity index (χ3n) is 10.4. The summed E-state index contributed by atoms with van der Waals surface area (Å²) in [6, 6.07) is 15.0. The number of fused-ring (bicyclic) bond motifs is 2. The summed E-state index contributed by atoms with van der Waals surface area (Å²) in [7, 11) is -15.4. The van der Waals surface area contributed by atoms with Gasteiger partial charge in [-0.15, -0.1) is 20.5 Å². The molecule has 0 radical (unpaired) electrons. The molecule has 12 N–H and O–H groups in total. The number of rotatable bonds is 12. The number of hydrazone groups is 2. The maximum atomic E-state index is 12.7. The summed E-state index contributed by atoms with van der Waals surface area (Å²) >= 11 is 0. The van der Waals surface area contributed by atoms with Crippen molar-refractivity contribution in [2.45, 2.75) is 9.79 Å². The number of hydrogen-bond acceptors (Lipinski definition) is 19. The number of carboxylic acid groups (broad SMARTS) is 1. The number of carbonyl (C=O) groups is 1. The summed E-state index contributed by atoms with van der Waals surface area (Å²) in [6.45, 7) is 0. The van der Waals surface area contributed by atoms with Crippen molar-refractivity contribution in [3.63, 3.8) is 0 Å². The van der Waals surface area contributed by atoms with Gasteiger partial charge < -0.3 is 26.8 Å². The van der Waals surface area contributed by atoms with Crippen LogP contribution in [-0.2, 0) is 30.4 Å². The van der Waals surface area contributed by atoms with E-state index in [0.717, 1.165) is 29.4 Å². The SMILES string of the molecule is Nc1cc(N)c(NN=C2C=CC(=C3C=CC(=NNc4ccc(O)c(C(=O)O)c4)C=C3)C=C2)cc1N=Nc1cc2c(O)c(N=NC3=C(S(=O)(=O)O)C=[C+]c4ccccc43)c(S(=O)(=O)O)cc2cc1S(=O)(=O)O. The van der Waals surface area contributed by atoms with E-state index in [9.17, 15) is 59.0 Å². The maximum absolute atomic E-state index is 12.7. The highest BCUT2D eigenvalue weighted by Gasteiger charge is 2.32. The topological polar surface area (TPSA) is 391 Å². The second-order valence-electron chi connectivity index (χ2n) is 15.1. The van der Waals surface area contributed by atoms with Crippen molar-refractivity contribution in [1.82, 2.24) is 0 Å². The number of nitrogen functional groups attached to an aromatic ring is 2. The lowest BCUT2D eigenvalue weighted by atomic mass is 9.98. The second-order valence-corrected chi connectivity index (χ2v) is 19.2. The van der Waals surface area contributed by atoms with E-state index >= 15 is 0 Å². The molecule has 26 heteroatoms. The Labute approximate surface area is 401 Å². The maximum Gasteiger partial charge on any atom is 0.339 e. The minimum absolute atomic E-state index is 0.0451. The number of nitrogens with two attached hydrogens (primary N) is 2. The summed E-state index contributed by atoms with van der Waals surface area (Å²) in [5.41, 5.74) is 19.2. The van der Waals surface area contributed by atoms with Gasteiger partial charge in [-0.2, -0.15) is 35.5 Å². The van der Waals surface area contributed by atoms with Crippen LogP contribution in [0.25, 0.3) is 16.5 Å². The molecule has 0 bridgehead atoms. The van der Waals surface area contributed by atoms with Crippen molar-refractivity contribution < 1.29 is 59.0 Å². The number of phenolic OH excluding ortho intramolecular Hbond substituents is 1. The monoisotopic (exact) mass is 1020 g/mol. The van der Waals surface area contributed by atoms with Crippen LogP contribution >= 0.6 is 0 Å². The summed E-state index contributed by atoms with van der Waals surface area (Å²) in [5, 5.41) is 54.0. The number of carboxylic acids is 1. The molecule has 0 fully saturated rings. The first-order chi connectivity index (χ1) is 33.5. The van der Waals surface area contributed by atoms with E-state index in [4.69, 9.17) is 11.5 Å². The van der Waals surface area contributed by atoms with Gasteiger partial charge in [-0.3, -0.25) is 24.5 Å². The molecule has 0 saturated heterocycles. The molecule has 8 rings (SSSR count). The summed E-state index contributed by atoms with van der Waals surface area (Å²) in [6.07, 6.45) is 17.7. The Balaban J connectivity index is 1.06. The average molecular weight is 1020 g/mol. The summed E-state index contributed by atoms with van der Waals surface area (Å²) in [5.74, 6) is -2.69. The number of allylic oxidation sites excluding steroid dienone is 11. The number of benzene rings is 5. The van der Waals surface area contributed by atoms with Gasteiger partial charge in [0.1, 0.15) is 43.7 Å². The van der Waals surface area contributed by atoms with Crippen molar-refractivity contribution in [2.75, 3.05) is 22.3 Å². The smallest absolute Gasteiger partial charge is 0.339 e. The van der Waals surface area contributed by atoms with E-state index in [2.05, 4.69) is 47.6 Å². The van der Waals surface area contributed by atoms with Gasteiger partial charge in [0.25, 0.3) is 20.2 Å². The molecule has 3 aliphatic carbocycles. The Morgan fingerprint density at radius 1 is 0.620 bits per heavy atom. The molecule has 0 atom stereocenters. The highest BCUT2D eigenvalue weighted by molar-refractivity contribution is 7.90. The Bertz CT molecular complexity index is 3840. The average Bonchev–Trinajstić information content (AvgIpc) is 3.31. The number of nitrogens with zero attached hydrogens (tertiary/aromatic N) is 6. The lowest BCUT2D eigenvalue weighted by Crippen LogP contribution is -2.06. The largest absolute Gasteiger partial charge is 0.507 e. The van der Waals surface area contributed by atoms with Crippen molar-refractivity contribution >= 4 is 104 Å². The fourth-order valence-corrected chi connectivity index (χ4v) is 8.80. The zero-order valence-electron chi connectivity index (χ0n) is 35.7. The van der Waals surface area contributed by atoms with Crippen LogP contribution in [-0.4, -0.2) is 71.6 Å². The molecule has 0 unspecified atom stereocenters. The van der Waals surface area contributed by atoms with E-state index in [1.165, 1.54) is 48.5 Å². The second kappa shape index (κ2) is 18.8. The first-order valence-corrected chi connectivity index (χ1v) is 24.3. The molecule has 358 valence electrons. The van der Waals surface area contributed by atoms with Gasteiger partial charge in [-0.05, 0) is 108 Å². The number of anilines is 4. The lowest BCUT2D eigenvalue weighted by Gasteiger charge is -2.12. The number of hydrogen-bond donors (Lipinski definition) is 10. The van der Waals surface area contributed by atoms with Crippen LogP contribution in [0.1, 0.15) is 21.5 Å².